The quantitative estimate of drug-likeness (QED) is 0.334. The number of carbonyl (C=O) groups excluding carboxylic acids is 3. The van der Waals surface area contributed by atoms with Gasteiger partial charge < -0.3 is 14.8 Å². The van der Waals surface area contributed by atoms with Crippen molar-refractivity contribution in [2.75, 3.05) is 19.6 Å². The summed E-state index contributed by atoms with van der Waals surface area (Å²) in [6.45, 7) is 5.26. The molecule has 0 atom stereocenters. The Morgan fingerprint density at radius 1 is 1.00 bits per heavy atom. The highest BCUT2D eigenvalue weighted by Crippen LogP contribution is 2.22. The number of primary sulfonamides is 1. The molecule has 2 aromatic carbocycles. The first-order valence-electron chi connectivity index (χ1n) is 11.0. The number of nitrogens with zero attached hydrogens (tertiary/aromatic N) is 2. The first kappa shape index (κ1) is 25.1. The normalized spacial score (nSPS) is 11.4. The summed E-state index contributed by atoms with van der Waals surface area (Å²) in [5, 5.41) is 8.30. The average Bonchev–Trinajstić information content (AvgIpc) is 3.17. The zero-order valence-electron chi connectivity index (χ0n) is 19.2. The van der Waals surface area contributed by atoms with Crippen LogP contribution in [0.15, 0.2) is 59.6 Å². The number of nitrogens with one attached hydrogen (secondary N) is 1. The molecule has 0 spiro atoms. The van der Waals surface area contributed by atoms with Gasteiger partial charge in [-0.1, -0.05) is 30.3 Å². The second-order valence-electron chi connectivity index (χ2n) is 7.78. The summed E-state index contributed by atoms with van der Waals surface area (Å²) >= 11 is 0. The van der Waals surface area contributed by atoms with Gasteiger partial charge in [0.2, 0.25) is 15.9 Å². The lowest BCUT2D eigenvalue weighted by Crippen LogP contribution is -2.33. The molecule has 0 aliphatic heterocycles. The second-order valence-corrected chi connectivity index (χ2v) is 9.34. The van der Waals surface area contributed by atoms with Crippen LogP contribution in [0.25, 0.3) is 10.9 Å². The molecular weight excluding hydrogens is 456 g/mol. The Labute approximate surface area is 198 Å². The van der Waals surface area contributed by atoms with E-state index in [-0.39, 0.29) is 29.5 Å². The lowest BCUT2D eigenvalue weighted by molar-refractivity contribution is -0.131. The fraction of sp³-hybridized carbons (Fsp3) is 0.292. The molecule has 0 unspecified atom stereocenters. The Hall–Kier alpha value is -3.50. The number of hydrogen-bond donors (Lipinski definition) is 2. The van der Waals surface area contributed by atoms with Crippen molar-refractivity contribution in [3.05, 3.63) is 65.9 Å². The molecule has 2 amide bonds. The minimum Gasteiger partial charge on any atom is -0.349 e. The molecule has 1 heterocycles. The molecule has 0 saturated heterocycles. The van der Waals surface area contributed by atoms with Crippen molar-refractivity contribution in [1.29, 1.82) is 0 Å². The minimum atomic E-state index is -3.77. The third-order valence-electron chi connectivity index (χ3n) is 5.61. The number of nitrogens with two attached hydrogens (primary N) is 1. The Bertz CT molecular complexity index is 1310. The van der Waals surface area contributed by atoms with Crippen LogP contribution in [0.2, 0.25) is 0 Å². The molecule has 3 rings (SSSR count). The van der Waals surface area contributed by atoms with Gasteiger partial charge in [0.15, 0.2) is 0 Å². The largest absolute Gasteiger partial charge is 0.349 e. The number of sulfonamides is 1. The standard InChI is InChI=1S/C24H28N4O5S/c1-3-27(4-2)22(29)16-28-15-20(19-7-5-6-8-21(19)28)23(30)24(31)26-14-13-17-9-11-18(12-10-17)34(25,32)33/h5-12,15H,3-4,13-14,16H2,1-2H3,(H,26,31)(H2,25,32,33). The number of likely N-dealkylation sites (N-methyl/N-ethyl adjacent to an activating group) is 1. The SMILES string of the molecule is CCN(CC)C(=O)Cn1cc(C(=O)C(=O)NCCc2ccc(S(N)(=O)=O)cc2)c2ccccc21. The molecule has 3 N–H and O–H groups in total. The van der Waals surface area contributed by atoms with E-state index in [4.69, 9.17) is 5.14 Å². The molecule has 0 radical (unpaired) electrons. The fourth-order valence-electron chi connectivity index (χ4n) is 3.75. The summed E-state index contributed by atoms with van der Waals surface area (Å²) in [7, 11) is -3.77. The van der Waals surface area contributed by atoms with Crippen LogP contribution in [0.5, 0.6) is 0 Å². The van der Waals surface area contributed by atoms with Gasteiger partial charge in [-0.25, -0.2) is 13.6 Å². The Morgan fingerprint density at radius 3 is 2.26 bits per heavy atom. The maximum Gasteiger partial charge on any atom is 0.292 e. The molecule has 0 bridgehead atoms. The molecule has 0 fully saturated rings. The molecule has 9 nitrogen and oxygen atoms in total. The number of ketones is 1. The van der Waals surface area contributed by atoms with Gasteiger partial charge in [0, 0.05) is 36.7 Å². The highest BCUT2D eigenvalue weighted by Gasteiger charge is 2.22. The Kier molecular flexibility index (Phi) is 7.85. The molecule has 10 heteroatoms. The summed E-state index contributed by atoms with van der Waals surface area (Å²) in [6.07, 6.45) is 1.96. The molecule has 0 aliphatic rings. The smallest absolute Gasteiger partial charge is 0.292 e. The lowest BCUT2D eigenvalue weighted by Gasteiger charge is -2.19. The van der Waals surface area contributed by atoms with Crippen molar-refractivity contribution < 1.29 is 22.8 Å². The van der Waals surface area contributed by atoms with E-state index >= 15 is 0 Å². The minimum absolute atomic E-state index is 0.00586. The highest BCUT2D eigenvalue weighted by molar-refractivity contribution is 7.89. The summed E-state index contributed by atoms with van der Waals surface area (Å²) in [4.78, 5) is 39.8. The number of rotatable bonds is 10. The van der Waals surface area contributed by atoms with Gasteiger partial charge in [0.1, 0.15) is 6.54 Å². The maximum absolute atomic E-state index is 12.9. The number of hydrogen-bond acceptors (Lipinski definition) is 5. The van der Waals surface area contributed by atoms with Gasteiger partial charge in [-0.3, -0.25) is 14.4 Å². The molecule has 180 valence electrons. The van der Waals surface area contributed by atoms with Crippen LogP contribution >= 0.6 is 0 Å². The first-order valence-corrected chi connectivity index (χ1v) is 12.5. The molecular formula is C24H28N4O5S. The predicted octanol–water partition coefficient (Wildman–Crippen LogP) is 1.70. The number of carbonyl (C=O) groups is 3. The summed E-state index contributed by atoms with van der Waals surface area (Å²) in [5.41, 5.74) is 1.72. The Morgan fingerprint density at radius 2 is 1.65 bits per heavy atom. The van der Waals surface area contributed by atoms with Gasteiger partial charge in [-0.2, -0.15) is 0 Å². The third kappa shape index (κ3) is 5.70. The van der Waals surface area contributed by atoms with E-state index in [1.165, 1.54) is 12.1 Å². The van der Waals surface area contributed by atoms with E-state index in [9.17, 15) is 22.8 Å². The lowest BCUT2D eigenvalue weighted by atomic mass is 10.1. The van der Waals surface area contributed by atoms with Crippen LogP contribution in [-0.2, 0) is 32.6 Å². The molecule has 0 saturated carbocycles. The van der Waals surface area contributed by atoms with Crippen LogP contribution in [0.4, 0.5) is 0 Å². The van der Waals surface area contributed by atoms with Gasteiger partial charge in [0.05, 0.1) is 10.5 Å². The number of benzene rings is 2. The van der Waals surface area contributed by atoms with Crippen molar-refractivity contribution in [2.45, 2.75) is 31.7 Å². The van der Waals surface area contributed by atoms with E-state index < -0.39 is 21.7 Å². The first-order chi connectivity index (χ1) is 16.2. The summed E-state index contributed by atoms with van der Waals surface area (Å²) in [6, 6.07) is 13.2. The van der Waals surface area contributed by atoms with Crippen molar-refractivity contribution in [3.8, 4) is 0 Å². The van der Waals surface area contributed by atoms with Crippen LogP contribution < -0.4 is 10.5 Å². The molecule has 34 heavy (non-hydrogen) atoms. The van der Waals surface area contributed by atoms with Gasteiger partial charge >= 0.3 is 0 Å². The van der Waals surface area contributed by atoms with E-state index in [1.807, 2.05) is 26.0 Å². The monoisotopic (exact) mass is 484 g/mol. The van der Waals surface area contributed by atoms with Crippen LogP contribution in [-0.4, -0.2) is 55.1 Å². The van der Waals surface area contributed by atoms with Crippen LogP contribution in [0.3, 0.4) is 0 Å². The van der Waals surface area contributed by atoms with E-state index in [1.54, 1.807) is 39.9 Å². The van der Waals surface area contributed by atoms with E-state index in [2.05, 4.69) is 5.32 Å². The zero-order chi connectivity index (χ0) is 24.9. The maximum atomic E-state index is 12.9. The zero-order valence-corrected chi connectivity index (χ0v) is 20.0. The van der Waals surface area contributed by atoms with E-state index in [0.717, 1.165) is 5.56 Å². The average molecular weight is 485 g/mol. The van der Waals surface area contributed by atoms with Crippen molar-refractivity contribution >= 4 is 38.5 Å². The summed E-state index contributed by atoms with van der Waals surface area (Å²) in [5.74, 6) is -1.50. The number of amides is 2. The number of para-hydroxylation sites is 1. The predicted molar refractivity (Wildman–Crippen MR) is 129 cm³/mol. The topological polar surface area (TPSA) is 132 Å². The molecule has 1 aromatic heterocycles. The van der Waals surface area contributed by atoms with Crippen molar-refractivity contribution in [3.63, 3.8) is 0 Å². The second kappa shape index (κ2) is 10.6. The van der Waals surface area contributed by atoms with Crippen LogP contribution in [0.1, 0.15) is 29.8 Å². The molecule has 3 aromatic rings. The number of fused-ring (bicyclic) bond motifs is 1. The molecule has 0 aliphatic carbocycles. The number of Topliss-reactive ketones (excluding diaryl/α,β-unsaturated/α-hetero) is 1. The fourth-order valence-corrected chi connectivity index (χ4v) is 4.26. The van der Waals surface area contributed by atoms with Gasteiger partial charge in [-0.15, -0.1) is 0 Å². The van der Waals surface area contributed by atoms with Crippen molar-refractivity contribution in [2.24, 2.45) is 5.14 Å². The van der Waals surface area contributed by atoms with Crippen LogP contribution in [0, 0.1) is 0 Å². The Balaban J connectivity index is 1.70. The van der Waals surface area contributed by atoms with Gasteiger partial charge in [-0.05, 0) is 44.0 Å². The van der Waals surface area contributed by atoms with Crippen molar-refractivity contribution in [1.82, 2.24) is 14.8 Å². The third-order valence-corrected chi connectivity index (χ3v) is 6.54. The summed E-state index contributed by atoms with van der Waals surface area (Å²) < 4.78 is 24.4. The van der Waals surface area contributed by atoms with E-state index in [0.29, 0.717) is 30.4 Å². The van der Waals surface area contributed by atoms with Gasteiger partial charge in [0.25, 0.3) is 11.7 Å². The highest BCUT2D eigenvalue weighted by atomic mass is 32.2. The number of aromatic nitrogens is 1.